The van der Waals surface area contributed by atoms with Crippen LogP contribution in [0.25, 0.3) is 0 Å². The monoisotopic (exact) mass is 276 g/mol. The molecule has 0 N–H and O–H groups in total. The number of esters is 1. The summed E-state index contributed by atoms with van der Waals surface area (Å²) >= 11 is 1.01. The second-order valence-corrected chi connectivity index (χ2v) is 4.92. The number of alkyl halides is 2. The highest BCUT2D eigenvalue weighted by Gasteiger charge is 2.46. The normalized spacial score (nSPS) is 21.9. The molecule has 1 fully saturated rings. The summed E-state index contributed by atoms with van der Waals surface area (Å²) in [5, 5.41) is 1.57. The lowest BCUT2D eigenvalue weighted by atomic mass is 10.2. The van der Waals surface area contributed by atoms with Crippen molar-refractivity contribution in [2.24, 2.45) is 0 Å². The molecule has 98 valence electrons. The molecule has 0 saturated carbocycles. The van der Waals surface area contributed by atoms with Crippen LogP contribution in [0.15, 0.2) is 11.6 Å². The van der Waals surface area contributed by atoms with E-state index in [1.165, 1.54) is 13.1 Å². The van der Waals surface area contributed by atoms with Crippen molar-refractivity contribution >= 4 is 23.4 Å². The molecule has 0 aromatic carbocycles. The van der Waals surface area contributed by atoms with Crippen LogP contribution in [0.5, 0.6) is 0 Å². The number of ether oxygens (including phenoxy) is 1. The van der Waals surface area contributed by atoms with Crippen LogP contribution in [0.1, 0.15) is 23.1 Å². The van der Waals surface area contributed by atoms with Gasteiger partial charge in [-0.05, 0) is 6.92 Å². The van der Waals surface area contributed by atoms with Gasteiger partial charge in [0.05, 0.1) is 6.54 Å². The van der Waals surface area contributed by atoms with E-state index in [0.29, 0.717) is 0 Å². The minimum absolute atomic E-state index is 0.0157. The van der Waals surface area contributed by atoms with Gasteiger partial charge in [-0.2, -0.15) is 0 Å². The maximum Gasteiger partial charge on any atom is 0.418 e. The summed E-state index contributed by atoms with van der Waals surface area (Å²) in [5.41, 5.74) is 0. The molecule has 1 aliphatic heterocycles. The van der Waals surface area contributed by atoms with Crippen molar-refractivity contribution < 1.29 is 23.1 Å². The zero-order valence-corrected chi connectivity index (χ0v) is 10.2. The van der Waals surface area contributed by atoms with Crippen molar-refractivity contribution in [3.8, 4) is 0 Å². The molecule has 1 aliphatic rings. The number of carbonyl (C=O) groups excluding carboxylic acids is 2. The van der Waals surface area contributed by atoms with E-state index >= 15 is 0 Å². The number of aromatic nitrogens is 1. The number of rotatable bonds is 1. The smallest absolute Gasteiger partial charge is 0.371 e. The number of nitrogens with zero attached hydrogens (tertiary/aromatic N) is 2. The molecule has 0 spiro atoms. The third-order valence-corrected chi connectivity index (χ3v) is 3.30. The van der Waals surface area contributed by atoms with Gasteiger partial charge in [-0.1, -0.05) is 0 Å². The van der Waals surface area contributed by atoms with Crippen LogP contribution in [0.4, 0.5) is 13.6 Å². The van der Waals surface area contributed by atoms with Gasteiger partial charge >= 0.3 is 12.1 Å². The second-order valence-electron chi connectivity index (χ2n) is 4.03. The Hall–Kier alpha value is -1.57. The predicted molar refractivity (Wildman–Crippen MR) is 58.7 cm³/mol. The van der Waals surface area contributed by atoms with Crippen LogP contribution in [-0.4, -0.2) is 40.5 Å². The molecule has 1 unspecified atom stereocenters. The van der Waals surface area contributed by atoms with Crippen LogP contribution in [-0.2, 0) is 4.74 Å². The van der Waals surface area contributed by atoms with Gasteiger partial charge in [0, 0.05) is 24.0 Å². The van der Waals surface area contributed by atoms with Crippen LogP contribution in [0.3, 0.4) is 0 Å². The fraction of sp³-hybridized carbons (Fsp3) is 0.500. The van der Waals surface area contributed by atoms with E-state index in [0.717, 1.165) is 16.2 Å². The maximum absolute atomic E-state index is 13.1. The number of amides is 1. The Morgan fingerprint density at radius 3 is 2.83 bits per heavy atom. The summed E-state index contributed by atoms with van der Waals surface area (Å²) in [4.78, 5) is 27.5. The molecule has 0 radical (unpaired) electrons. The Morgan fingerprint density at radius 1 is 1.61 bits per heavy atom. The predicted octanol–water partition coefficient (Wildman–Crippen LogP) is 2.15. The third-order valence-electron chi connectivity index (χ3n) is 2.55. The highest BCUT2D eigenvalue weighted by Crippen LogP contribution is 2.32. The average molecular weight is 276 g/mol. The Morgan fingerprint density at radius 2 is 2.33 bits per heavy atom. The van der Waals surface area contributed by atoms with Crippen LogP contribution >= 0.6 is 11.3 Å². The van der Waals surface area contributed by atoms with Crippen molar-refractivity contribution in [2.45, 2.75) is 25.3 Å². The van der Waals surface area contributed by atoms with Crippen molar-refractivity contribution in [3.63, 3.8) is 0 Å². The Balaban J connectivity index is 1.99. The van der Waals surface area contributed by atoms with Crippen molar-refractivity contribution in [1.82, 2.24) is 9.88 Å². The van der Waals surface area contributed by atoms with Gasteiger partial charge in [-0.3, -0.25) is 4.90 Å². The zero-order chi connectivity index (χ0) is 13.3. The number of likely N-dealkylation sites (tertiary alicyclic amines) is 1. The number of thiazole rings is 1. The van der Waals surface area contributed by atoms with Gasteiger partial charge in [0.25, 0.3) is 5.92 Å². The summed E-state index contributed by atoms with van der Waals surface area (Å²) in [6.07, 6.45) is -0.0915. The second kappa shape index (κ2) is 4.60. The number of hydrogen-bond acceptors (Lipinski definition) is 5. The van der Waals surface area contributed by atoms with E-state index in [9.17, 15) is 18.4 Å². The summed E-state index contributed by atoms with van der Waals surface area (Å²) in [7, 11) is 0. The summed E-state index contributed by atoms with van der Waals surface area (Å²) in [6.45, 7) is 0.758. The molecule has 1 aromatic rings. The Kier molecular flexibility index (Phi) is 3.29. The lowest BCUT2D eigenvalue weighted by Crippen LogP contribution is -2.36. The molecule has 1 atom stereocenters. The highest BCUT2D eigenvalue weighted by atomic mass is 32.1. The molecule has 2 heterocycles. The van der Waals surface area contributed by atoms with Gasteiger partial charge < -0.3 is 4.74 Å². The zero-order valence-electron chi connectivity index (χ0n) is 9.43. The van der Waals surface area contributed by atoms with Gasteiger partial charge in [-0.15, -0.1) is 11.3 Å². The molecule has 1 saturated heterocycles. The van der Waals surface area contributed by atoms with Crippen molar-refractivity contribution in [2.75, 3.05) is 6.54 Å². The molecule has 2 rings (SSSR count). The van der Waals surface area contributed by atoms with Crippen molar-refractivity contribution in [3.05, 3.63) is 16.6 Å². The highest BCUT2D eigenvalue weighted by molar-refractivity contribution is 7.11. The van der Waals surface area contributed by atoms with E-state index in [2.05, 4.69) is 9.72 Å². The molecule has 18 heavy (non-hydrogen) atoms. The first-order valence-corrected chi connectivity index (χ1v) is 6.07. The van der Waals surface area contributed by atoms with Crippen LogP contribution in [0, 0.1) is 0 Å². The van der Waals surface area contributed by atoms with Gasteiger partial charge in [-0.25, -0.2) is 23.4 Å². The molecule has 0 aliphatic carbocycles. The van der Waals surface area contributed by atoms with Gasteiger partial charge in [0.2, 0.25) is 5.01 Å². The summed E-state index contributed by atoms with van der Waals surface area (Å²) in [6, 6.07) is -0.656. The lowest BCUT2D eigenvalue weighted by Gasteiger charge is -2.18. The largest absolute Gasteiger partial charge is 0.418 e. The van der Waals surface area contributed by atoms with Crippen molar-refractivity contribution in [1.29, 1.82) is 0 Å². The van der Waals surface area contributed by atoms with E-state index in [1.54, 1.807) is 5.38 Å². The molecule has 0 bridgehead atoms. The molecule has 5 nitrogen and oxygen atoms in total. The number of carbonyl (C=O) groups is 2. The maximum atomic E-state index is 13.1. The number of hydrogen-bond donors (Lipinski definition) is 0. The van der Waals surface area contributed by atoms with Gasteiger partial charge in [0.15, 0.2) is 0 Å². The minimum atomic E-state index is -2.93. The molecular formula is C10H10F2N2O3S. The van der Waals surface area contributed by atoms with Crippen LogP contribution in [0.2, 0.25) is 0 Å². The SMILES string of the molecule is CC1CC(F)(F)CN1C(=O)OC(=O)c1nccs1. The van der Waals surface area contributed by atoms with E-state index in [4.69, 9.17) is 0 Å². The first kappa shape index (κ1) is 12.9. The quantitative estimate of drug-likeness (QED) is 0.582. The summed E-state index contributed by atoms with van der Waals surface area (Å²) in [5.74, 6) is -3.85. The third kappa shape index (κ3) is 2.63. The Labute approximate surface area is 105 Å². The number of halogens is 2. The fourth-order valence-electron chi connectivity index (χ4n) is 1.76. The van der Waals surface area contributed by atoms with Gasteiger partial charge in [0.1, 0.15) is 0 Å². The van der Waals surface area contributed by atoms with Crippen LogP contribution < -0.4 is 0 Å². The minimum Gasteiger partial charge on any atom is -0.371 e. The van der Waals surface area contributed by atoms with E-state index in [-0.39, 0.29) is 5.01 Å². The first-order valence-electron chi connectivity index (χ1n) is 5.19. The first-order chi connectivity index (χ1) is 8.39. The lowest BCUT2D eigenvalue weighted by molar-refractivity contribution is 0.0105. The standard InChI is InChI=1S/C10H10F2N2O3S/c1-6-4-10(11,12)5-14(6)9(16)17-8(15)7-13-2-3-18-7/h2-3,6H,4-5H2,1H3. The molecular weight excluding hydrogens is 266 g/mol. The molecule has 1 aromatic heterocycles. The topological polar surface area (TPSA) is 59.5 Å². The van der Waals surface area contributed by atoms with E-state index < -0.39 is 37.0 Å². The average Bonchev–Trinajstić information content (AvgIpc) is 2.85. The summed E-state index contributed by atoms with van der Waals surface area (Å²) < 4.78 is 30.6. The fourth-order valence-corrected chi connectivity index (χ4v) is 2.27. The van der Waals surface area contributed by atoms with E-state index in [1.807, 2.05) is 0 Å². The molecule has 1 amide bonds. The molecule has 8 heteroatoms. The Bertz CT molecular complexity index is 464.